The average molecular weight is 460 g/mol. The maximum absolute atomic E-state index is 12.0. The van der Waals surface area contributed by atoms with E-state index in [1.54, 1.807) is 0 Å². The van der Waals surface area contributed by atoms with Crippen LogP contribution in [0.4, 0.5) is 0 Å². The molecule has 1 amide bonds. The first-order valence-corrected chi connectivity index (χ1v) is 8.68. The molecule has 140 valence electrons. The highest BCUT2D eigenvalue weighted by Gasteiger charge is 2.17. The minimum Gasteiger partial charge on any atom is -0.492 e. The number of amides is 1. The number of guanidine groups is 1. The SMILES string of the molecule is CCNC(=NCC(=O)N1CCCC1)NCCOc1cccc(C)c1.I. The molecule has 2 rings (SSSR count). The van der Waals surface area contributed by atoms with Gasteiger partial charge < -0.3 is 20.3 Å². The van der Waals surface area contributed by atoms with Crippen molar-refractivity contribution in [1.29, 1.82) is 0 Å². The predicted molar refractivity (Wildman–Crippen MR) is 112 cm³/mol. The molecule has 0 spiro atoms. The molecule has 0 radical (unpaired) electrons. The highest BCUT2D eigenvalue weighted by atomic mass is 127. The van der Waals surface area contributed by atoms with Crippen molar-refractivity contribution < 1.29 is 9.53 Å². The number of aryl methyl sites for hydroxylation is 1. The molecular formula is C18H29IN4O2. The van der Waals surface area contributed by atoms with Crippen molar-refractivity contribution >= 4 is 35.8 Å². The minimum atomic E-state index is 0. The van der Waals surface area contributed by atoms with Crippen LogP contribution in [0.15, 0.2) is 29.3 Å². The van der Waals surface area contributed by atoms with Gasteiger partial charge in [0.1, 0.15) is 18.9 Å². The van der Waals surface area contributed by atoms with Crippen LogP contribution in [0.5, 0.6) is 5.75 Å². The summed E-state index contributed by atoms with van der Waals surface area (Å²) in [5.41, 5.74) is 1.18. The van der Waals surface area contributed by atoms with E-state index in [1.165, 1.54) is 5.56 Å². The molecule has 0 aromatic heterocycles. The lowest BCUT2D eigenvalue weighted by Crippen LogP contribution is -2.40. The summed E-state index contributed by atoms with van der Waals surface area (Å²) in [6.07, 6.45) is 2.20. The molecule has 1 aromatic carbocycles. The van der Waals surface area contributed by atoms with Crippen LogP contribution < -0.4 is 15.4 Å². The van der Waals surface area contributed by atoms with E-state index in [4.69, 9.17) is 4.74 Å². The fraction of sp³-hybridized carbons (Fsp3) is 0.556. The number of nitrogens with zero attached hydrogens (tertiary/aromatic N) is 2. The number of halogens is 1. The number of nitrogens with one attached hydrogen (secondary N) is 2. The highest BCUT2D eigenvalue weighted by molar-refractivity contribution is 14.0. The number of likely N-dealkylation sites (tertiary alicyclic amines) is 1. The van der Waals surface area contributed by atoms with Crippen molar-refractivity contribution in [1.82, 2.24) is 15.5 Å². The zero-order valence-electron chi connectivity index (χ0n) is 15.1. The van der Waals surface area contributed by atoms with Crippen LogP contribution in [0.1, 0.15) is 25.3 Å². The molecule has 1 fully saturated rings. The quantitative estimate of drug-likeness (QED) is 0.283. The van der Waals surface area contributed by atoms with E-state index in [2.05, 4.69) is 15.6 Å². The number of carbonyl (C=O) groups is 1. The second-order valence-electron chi connectivity index (χ2n) is 5.87. The third-order valence-corrected chi connectivity index (χ3v) is 3.83. The Balaban J connectivity index is 0.00000312. The number of ether oxygens (including phenoxy) is 1. The zero-order chi connectivity index (χ0) is 17.2. The van der Waals surface area contributed by atoms with Gasteiger partial charge in [-0.15, -0.1) is 24.0 Å². The summed E-state index contributed by atoms with van der Waals surface area (Å²) >= 11 is 0. The van der Waals surface area contributed by atoms with Gasteiger partial charge in [-0.2, -0.15) is 0 Å². The average Bonchev–Trinajstić information content (AvgIpc) is 3.11. The Morgan fingerprint density at radius 1 is 1.28 bits per heavy atom. The second-order valence-corrected chi connectivity index (χ2v) is 5.87. The first-order chi connectivity index (χ1) is 11.7. The largest absolute Gasteiger partial charge is 0.492 e. The first-order valence-electron chi connectivity index (χ1n) is 8.68. The summed E-state index contributed by atoms with van der Waals surface area (Å²) in [4.78, 5) is 18.3. The van der Waals surface area contributed by atoms with E-state index in [-0.39, 0.29) is 36.4 Å². The van der Waals surface area contributed by atoms with Gasteiger partial charge in [-0.3, -0.25) is 4.79 Å². The lowest BCUT2D eigenvalue weighted by molar-refractivity contribution is -0.128. The van der Waals surface area contributed by atoms with E-state index in [9.17, 15) is 4.79 Å². The molecule has 1 saturated heterocycles. The van der Waals surface area contributed by atoms with Crippen molar-refractivity contribution in [2.45, 2.75) is 26.7 Å². The summed E-state index contributed by atoms with van der Waals surface area (Å²) in [5, 5.41) is 6.34. The molecule has 0 saturated carbocycles. The summed E-state index contributed by atoms with van der Waals surface area (Å²) in [6.45, 7) is 7.87. The number of hydrogen-bond acceptors (Lipinski definition) is 3. The molecule has 2 N–H and O–H groups in total. The molecule has 0 bridgehead atoms. The maximum atomic E-state index is 12.0. The lowest BCUT2D eigenvalue weighted by atomic mass is 10.2. The molecule has 0 atom stereocenters. The molecule has 7 heteroatoms. The molecule has 1 aliphatic heterocycles. The van der Waals surface area contributed by atoms with Gasteiger partial charge in [-0.05, 0) is 44.4 Å². The van der Waals surface area contributed by atoms with Crippen LogP contribution in [-0.2, 0) is 4.79 Å². The molecular weight excluding hydrogens is 431 g/mol. The van der Waals surface area contributed by atoms with Crippen molar-refractivity contribution in [2.24, 2.45) is 4.99 Å². The number of aliphatic imine (C=N–C) groups is 1. The van der Waals surface area contributed by atoms with E-state index < -0.39 is 0 Å². The monoisotopic (exact) mass is 460 g/mol. The van der Waals surface area contributed by atoms with Gasteiger partial charge in [0.2, 0.25) is 5.91 Å². The van der Waals surface area contributed by atoms with E-state index >= 15 is 0 Å². The van der Waals surface area contributed by atoms with Gasteiger partial charge in [-0.1, -0.05) is 12.1 Å². The van der Waals surface area contributed by atoms with Gasteiger partial charge in [0.15, 0.2) is 5.96 Å². The van der Waals surface area contributed by atoms with Crippen molar-refractivity contribution in [3.63, 3.8) is 0 Å². The van der Waals surface area contributed by atoms with Crippen LogP contribution >= 0.6 is 24.0 Å². The van der Waals surface area contributed by atoms with Crippen molar-refractivity contribution in [3.8, 4) is 5.75 Å². The molecule has 0 unspecified atom stereocenters. The maximum Gasteiger partial charge on any atom is 0.244 e. The third-order valence-electron chi connectivity index (χ3n) is 3.83. The Hall–Kier alpha value is -1.51. The Morgan fingerprint density at radius 3 is 2.72 bits per heavy atom. The van der Waals surface area contributed by atoms with E-state index in [0.29, 0.717) is 19.1 Å². The van der Waals surface area contributed by atoms with Crippen LogP contribution in [-0.4, -0.2) is 56.1 Å². The fourth-order valence-electron chi connectivity index (χ4n) is 2.60. The van der Waals surface area contributed by atoms with Gasteiger partial charge in [0.25, 0.3) is 0 Å². The number of rotatable bonds is 7. The zero-order valence-corrected chi connectivity index (χ0v) is 17.4. The molecule has 0 aliphatic carbocycles. The minimum absolute atomic E-state index is 0. The summed E-state index contributed by atoms with van der Waals surface area (Å²) in [5.74, 6) is 1.61. The van der Waals surface area contributed by atoms with Crippen molar-refractivity contribution in [2.75, 3.05) is 39.3 Å². The Bertz CT molecular complexity index is 560. The molecule has 1 aliphatic rings. The van der Waals surface area contributed by atoms with Gasteiger partial charge >= 0.3 is 0 Å². The smallest absolute Gasteiger partial charge is 0.244 e. The standard InChI is InChI=1S/C18H28N4O2.HI/c1-3-19-18(21-14-17(23)22-10-4-5-11-22)20-9-12-24-16-8-6-7-15(2)13-16;/h6-8,13H,3-5,9-12,14H2,1-2H3,(H2,19,20,21);1H. The molecule has 25 heavy (non-hydrogen) atoms. The van der Waals surface area contributed by atoms with Gasteiger partial charge in [0.05, 0.1) is 6.54 Å². The Labute approximate surface area is 167 Å². The Morgan fingerprint density at radius 2 is 2.04 bits per heavy atom. The van der Waals surface area contributed by atoms with Crippen LogP contribution in [0, 0.1) is 6.92 Å². The second kappa shape index (κ2) is 11.9. The lowest BCUT2D eigenvalue weighted by Gasteiger charge is -2.15. The molecule has 6 nitrogen and oxygen atoms in total. The summed E-state index contributed by atoms with van der Waals surface area (Å²) in [7, 11) is 0. The molecule has 1 aromatic rings. The fourth-order valence-corrected chi connectivity index (χ4v) is 2.60. The summed E-state index contributed by atoms with van der Waals surface area (Å²) < 4.78 is 5.70. The van der Waals surface area contributed by atoms with Gasteiger partial charge in [-0.25, -0.2) is 4.99 Å². The third kappa shape index (κ3) is 7.94. The Kier molecular flexibility index (Phi) is 10.3. The topological polar surface area (TPSA) is 66.0 Å². The van der Waals surface area contributed by atoms with Crippen LogP contribution in [0.3, 0.4) is 0 Å². The van der Waals surface area contributed by atoms with E-state index in [0.717, 1.165) is 38.2 Å². The number of carbonyl (C=O) groups excluding carboxylic acids is 1. The van der Waals surface area contributed by atoms with E-state index in [1.807, 2.05) is 43.0 Å². The van der Waals surface area contributed by atoms with Gasteiger partial charge in [0, 0.05) is 19.6 Å². The molecule has 1 heterocycles. The van der Waals surface area contributed by atoms with Crippen LogP contribution in [0.25, 0.3) is 0 Å². The predicted octanol–water partition coefficient (Wildman–Crippen LogP) is 2.17. The normalized spacial score (nSPS) is 14.0. The highest BCUT2D eigenvalue weighted by Crippen LogP contribution is 2.11. The summed E-state index contributed by atoms with van der Waals surface area (Å²) in [6, 6.07) is 7.97. The van der Waals surface area contributed by atoms with Crippen molar-refractivity contribution in [3.05, 3.63) is 29.8 Å². The first kappa shape index (κ1) is 21.5. The number of hydrogen-bond donors (Lipinski definition) is 2. The van der Waals surface area contributed by atoms with Crippen LogP contribution in [0.2, 0.25) is 0 Å². The number of benzene rings is 1.